The number of nitrogens with zero attached hydrogens (tertiary/aromatic N) is 6. The van der Waals surface area contributed by atoms with Crippen molar-refractivity contribution in [1.82, 2.24) is 24.5 Å². The van der Waals surface area contributed by atoms with Crippen LogP contribution in [0.15, 0.2) is 49.1 Å². The Balaban J connectivity index is 1.36. The van der Waals surface area contributed by atoms with Crippen LogP contribution in [0.25, 0.3) is 11.0 Å². The topological polar surface area (TPSA) is 112 Å². The number of nitrogens with two attached hydrogens (primary N) is 2. The lowest BCUT2D eigenvalue weighted by molar-refractivity contribution is 0.145. The summed E-state index contributed by atoms with van der Waals surface area (Å²) in [5.41, 5.74) is 17.1. The fourth-order valence-corrected chi connectivity index (χ4v) is 5.19. The van der Waals surface area contributed by atoms with E-state index in [-0.39, 0.29) is 5.69 Å². The Morgan fingerprint density at radius 3 is 2.81 bits per heavy atom. The van der Waals surface area contributed by atoms with Crippen LogP contribution in [0.2, 0.25) is 0 Å². The number of aromatic nitrogens is 5. The van der Waals surface area contributed by atoms with Crippen molar-refractivity contribution in [2.45, 2.75) is 50.1 Å². The summed E-state index contributed by atoms with van der Waals surface area (Å²) in [5, 5.41) is 0. The van der Waals surface area contributed by atoms with Gasteiger partial charge in [0.1, 0.15) is 11.2 Å². The molecule has 2 fully saturated rings. The van der Waals surface area contributed by atoms with Gasteiger partial charge in [0.05, 0.1) is 41.5 Å². The molecule has 4 aromatic rings. The fourth-order valence-electron chi connectivity index (χ4n) is 5.19. The van der Waals surface area contributed by atoms with Crippen LogP contribution in [0, 0.1) is 0 Å². The third-order valence-electron chi connectivity index (χ3n) is 7.26. The van der Waals surface area contributed by atoms with E-state index in [1.165, 1.54) is 6.07 Å². The molecule has 2 aliphatic rings. The fraction of sp³-hybridized carbons (Fsp3) is 0.385. The predicted molar refractivity (Wildman–Crippen MR) is 134 cm³/mol. The summed E-state index contributed by atoms with van der Waals surface area (Å²) >= 11 is 0. The Morgan fingerprint density at radius 1 is 1.14 bits per heavy atom. The number of nitrogen functional groups attached to an aromatic ring is 1. The minimum Gasteiger partial charge on any atom is -0.382 e. The molecule has 186 valence electrons. The molecule has 1 aliphatic heterocycles. The minimum atomic E-state index is -2.63. The predicted octanol–water partition coefficient (Wildman–Crippen LogP) is 4.12. The summed E-state index contributed by atoms with van der Waals surface area (Å²) in [6.45, 7) is 1.85. The van der Waals surface area contributed by atoms with Crippen molar-refractivity contribution in [2.75, 3.05) is 23.7 Å². The second-order valence-corrected chi connectivity index (χ2v) is 9.88. The van der Waals surface area contributed by atoms with E-state index in [0.29, 0.717) is 42.5 Å². The molecule has 1 aliphatic carbocycles. The molecule has 0 spiro atoms. The van der Waals surface area contributed by atoms with Crippen molar-refractivity contribution in [3.05, 3.63) is 71.7 Å². The van der Waals surface area contributed by atoms with Crippen molar-refractivity contribution < 1.29 is 8.78 Å². The van der Waals surface area contributed by atoms with Gasteiger partial charge in [0.15, 0.2) is 5.82 Å². The first-order valence-corrected chi connectivity index (χ1v) is 12.2. The van der Waals surface area contributed by atoms with Crippen LogP contribution in [0.5, 0.6) is 0 Å². The summed E-state index contributed by atoms with van der Waals surface area (Å²) in [6, 6.07) is 8.80. The molecular formula is C26H28F2N8. The number of anilines is 2. The molecule has 36 heavy (non-hydrogen) atoms. The van der Waals surface area contributed by atoms with Crippen molar-refractivity contribution >= 4 is 22.5 Å². The Bertz CT molecular complexity index is 1420. The number of piperidine rings is 1. The quantitative estimate of drug-likeness (QED) is 0.418. The van der Waals surface area contributed by atoms with Crippen LogP contribution in [0.3, 0.4) is 0 Å². The lowest BCUT2D eigenvalue weighted by Gasteiger charge is -2.41. The maximum Gasteiger partial charge on any atom is 0.280 e. The minimum absolute atomic E-state index is 0.244. The number of rotatable bonds is 6. The number of halogens is 2. The van der Waals surface area contributed by atoms with Gasteiger partial charge >= 0.3 is 0 Å². The standard InChI is InChI=1S/C26H28F2N8/c27-24(28)18-3-1-4-22(34-18)26(30)8-2-10-35(14-26)21-12-32-19(16-5-6-16)11-17(21)13-36-15-33-23-20(36)7-9-31-25(23)29/h1,3-4,7,9,11-12,15-16,24H,2,5-6,8,10,13-14,30H2,(H2,29,31)/t26-/m1/s1. The first-order chi connectivity index (χ1) is 17.4. The maximum atomic E-state index is 13.3. The average Bonchev–Trinajstić information content (AvgIpc) is 3.66. The number of alkyl halides is 2. The van der Waals surface area contributed by atoms with E-state index in [4.69, 9.17) is 16.5 Å². The third-order valence-corrected chi connectivity index (χ3v) is 7.26. The Labute approximate surface area is 207 Å². The zero-order valence-electron chi connectivity index (χ0n) is 19.8. The van der Waals surface area contributed by atoms with E-state index in [1.54, 1.807) is 24.7 Å². The molecule has 4 N–H and O–H groups in total. The van der Waals surface area contributed by atoms with Crippen molar-refractivity contribution in [3.8, 4) is 0 Å². The lowest BCUT2D eigenvalue weighted by Crippen LogP contribution is -2.52. The van der Waals surface area contributed by atoms with Crippen LogP contribution >= 0.6 is 0 Å². The zero-order valence-corrected chi connectivity index (χ0v) is 19.8. The summed E-state index contributed by atoms with van der Waals surface area (Å²) in [7, 11) is 0. The van der Waals surface area contributed by atoms with E-state index < -0.39 is 12.0 Å². The summed E-state index contributed by atoms with van der Waals surface area (Å²) in [6.07, 6.45) is 6.58. The molecule has 0 radical (unpaired) electrons. The van der Waals surface area contributed by atoms with E-state index in [9.17, 15) is 8.78 Å². The summed E-state index contributed by atoms with van der Waals surface area (Å²) < 4.78 is 28.7. The number of fused-ring (bicyclic) bond motifs is 1. The van der Waals surface area contributed by atoms with E-state index in [2.05, 4.69) is 30.5 Å². The highest BCUT2D eigenvalue weighted by Crippen LogP contribution is 2.41. The normalized spacial score (nSPS) is 20.4. The Kier molecular flexibility index (Phi) is 5.55. The van der Waals surface area contributed by atoms with Crippen LogP contribution in [0.4, 0.5) is 20.3 Å². The third kappa shape index (κ3) is 4.15. The first kappa shape index (κ1) is 22.8. The molecule has 5 heterocycles. The second-order valence-electron chi connectivity index (χ2n) is 9.88. The van der Waals surface area contributed by atoms with Gasteiger partial charge in [-0.05, 0) is 55.5 Å². The molecule has 1 saturated heterocycles. The molecule has 0 amide bonds. The number of hydrogen-bond donors (Lipinski definition) is 2. The number of hydrogen-bond acceptors (Lipinski definition) is 7. The molecule has 6 rings (SSSR count). The van der Waals surface area contributed by atoms with Crippen molar-refractivity contribution in [1.29, 1.82) is 0 Å². The van der Waals surface area contributed by atoms with Gasteiger partial charge in [0, 0.05) is 30.9 Å². The Hall–Kier alpha value is -3.66. The Morgan fingerprint density at radius 2 is 2.00 bits per heavy atom. The van der Waals surface area contributed by atoms with Gasteiger partial charge < -0.3 is 20.9 Å². The van der Waals surface area contributed by atoms with Gasteiger partial charge in [-0.1, -0.05) is 6.07 Å². The van der Waals surface area contributed by atoms with Gasteiger partial charge in [-0.25, -0.2) is 23.7 Å². The summed E-state index contributed by atoms with van der Waals surface area (Å²) in [5.74, 6) is 0.913. The van der Waals surface area contributed by atoms with E-state index >= 15 is 0 Å². The van der Waals surface area contributed by atoms with Crippen LogP contribution in [0.1, 0.15) is 60.7 Å². The van der Waals surface area contributed by atoms with Crippen LogP contribution < -0.4 is 16.4 Å². The van der Waals surface area contributed by atoms with E-state index in [0.717, 1.165) is 48.3 Å². The molecule has 0 aromatic carbocycles. The molecule has 4 aromatic heterocycles. The maximum absolute atomic E-state index is 13.3. The zero-order chi connectivity index (χ0) is 24.9. The number of pyridine rings is 3. The highest BCUT2D eigenvalue weighted by molar-refractivity contribution is 5.84. The molecule has 0 bridgehead atoms. The molecular weight excluding hydrogens is 462 g/mol. The molecule has 8 nitrogen and oxygen atoms in total. The first-order valence-electron chi connectivity index (χ1n) is 12.2. The molecule has 0 unspecified atom stereocenters. The van der Waals surface area contributed by atoms with Gasteiger partial charge in [-0.15, -0.1) is 0 Å². The van der Waals surface area contributed by atoms with Crippen molar-refractivity contribution in [2.24, 2.45) is 5.73 Å². The molecule has 1 saturated carbocycles. The van der Waals surface area contributed by atoms with Gasteiger partial charge in [0.25, 0.3) is 6.43 Å². The highest BCUT2D eigenvalue weighted by atomic mass is 19.3. The smallest absolute Gasteiger partial charge is 0.280 e. The molecule has 10 heteroatoms. The van der Waals surface area contributed by atoms with Gasteiger partial charge in [0.2, 0.25) is 0 Å². The highest BCUT2D eigenvalue weighted by Gasteiger charge is 2.36. The van der Waals surface area contributed by atoms with E-state index in [1.807, 2.05) is 12.3 Å². The monoisotopic (exact) mass is 490 g/mol. The van der Waals surface area contributed by atoms with Crippen LogP contribution in [-0.4, -0.2) is 37.6 Å². The largest absolute Gasteiger partial charge is 0.382 e. The van der Waals surface area contributed by atoms with Gasteiger partial charge in [-0.2, -0.15) is 0 Å². The van der Waals surface area contributed by atoms with Crippen molar-refractivity contribution in [3.63, 3.8) is 0 Å². The lowest BCUT2D eigenvalue weighted by atomic mass is 9.86. The number of imidazole rings is 1. The SMILES string of the molecule is Nc1nccc2c1ncn2Cc1cc(C2CC2)ncc1N1CCC[C@](N)(c2cccc(C(F)F)n2)C1. The molecule has 1 atom stereocenters. The average molecular weight is 491 g/mol. The van der Waals surface area contributed by atoms with Crippen LogP contribution in [-0.2, 0) is 12.1 Å². The summed E-state index contributed by atoms with van der Waals surface area (Å²) in [4.78, 5) is 19.8. The van der Waals surface area contributed by atoms with Gasteiger partial charge in [-0.3, -0.25) is 4.98 Å². The second kappa shape index (κ2) is 8.77.